The number of fused-ring (bicyclic) bond motifs is 4. The number of aromatic amines is 1. The lowest BCUT2D eigenvalue weighted by Crippen LogP contribution is -2.36. The number of aromatic nitrogens is 4. The van der Waals surface area contributed by atoms with Crippen molar-refractivity contribution in [1.29, 1.82) is 0 Å². The molecule has 21 heteroatoms. The van der Waals surface area contributed by atoms with Crippen LogP contribution in [0.1, 0.15) is 161 Å². The second kappa shape index (κ2) is 31.7. The molecular weight excluding hydrogens is 1250 g/mol. The van der Waals surface area contributed by atoms with Gasteiger partial charge in [0.25, 0.3) is 0 Å². The number of halogens is 2. The Kier molecular flexibility index (Phi) is 24.0. The Labute approximate surface area is 564 Å². The van der Waals surface area contributed by atoms with Crippen LogP contribution < -0.4 is 19.6 Å². The van der Waals surface area contributed by atoms with E-state index >= 15 is 4.39 Å². The van der Waals surface area contributed by atoms with Gasteiger partial charge in [-0.15, -0.1) is 35.8 Å². The molecule has 4 aromatic heterocycles. The molecule has 4 saturated carbocycles. The molecule has 5 heterocycles. The van der Waals surface area contributed by atoms with Crippen molar-refractivity contribution in [3.05, 3.63) is 118 Å². The maximum absolute atomic E-state index is 15.6. The fourth-order valence-corrected chi connectivity index (χ4v) is 16.0. The maximum Gasteiger partial charge on any atom is 0.312 e. The highest BCUT2D eigenvalue weighted by atomic mass is 32.1. The molecule has 0 saturated heterocycles. The normalized spacial score (nSPS) is 25.1. The summed E-state index contributed by atoms with van der Waals surface area (Å²) in [7, 11) is 6.53. The number of pyridine rings is 2. The zero-order valence-electron chi connectivity index (χ0n) is 56.4. The Balaban J connectivity index is 0.000000181. The van der Waals surface area contributed by atoms with Gasteiger partial charge in [0.1, 0.15) is 27.0 Å². The van der Waals surface area contributed by atoms with E-state index in [1.807, 2.05) is 73.6 Å². The van der Waals surface area contributed by atoms with Gasteiger partial charge in [0.15, 0.2) is 28.6 Å². The molecule has 512 valence electrons. The molecule has 17 nitrogen and oxygen atoms in total. The van der Waals surface area contributed by atoms with Gasteiger partial charge in [-0.05, 0) is 169 Å². The van der Waals surface area contributed by atoms with Crippen LogP contribution in [0.5, 0.6) is 17.2 Å². The van der Waals surface area contributed by atoms with Crippen molar-refractivity contribution < 1.29 is 57.1 Å². The van der Waals surface area contributed by atoms with Gasteiger partial charge in [-0.1, -0.05) is 52.0 Å². The molecule has 10 atom stereocenters. The number of carbonyl (C=O) groups is 4. The van der Waals surface area contributed by atoms with Gasteiger partial charge in [-0.3, -0.25) is 24.0 Å². The highest BCUT2D eigenvalue weighted by Gasteiger charge is 2.60. The molecule has 5 aliphatic rings. The summed E-state index contributed by atoms with van der Waals surface area (Å²) in [5, 5.41) is 26.5. The Hall–Kier alpha value is -7.36. The number of aliphatic carboxylic acids is 1. The number of methoxy groups -OCH3 is 2. The molecule has 11 rings (SSSR count). The number of thiazole rings is 2. The highest BCUT2D eigenvalue weighted by Crippen LogP contribution is 2.60. The van der Waals surface area contributed by atoms with Crippen LogP contribution in [0.2, 0.25) is 0 Å². The van der Waals surface area contributed by atoms with Gasteiger partial charge < -0.3 is 43.9 Å². The van der Waals surface area contributed by atoms with Crippen LogP contribution in [-0.2, 0) is 23.9 Å². The predicted octanol–water partition coefficient (Wildman–Crippen LogP) is 15.1. The number of unbranched alkanes of at least 4 members (excludes halogenated alkanes) is 2. The summed E-state index contributed by atoms with van der Waals surface area (Å²) in [6, 6.07) is 9.62. The van der Waals surface area contributed by atoms with E-state index in [1.54, 1.807) is 18.2 Å². The van der Waals surface area contributed by atoms with Gasteiger partial charge in [0.2, 0.25) is 11.8 Å². The zero-order chi connectivity index (χ0) is 68.5. The molecule has 0 bridgehead atoms. The minimum Gasteiger partial charge on any atom is -0.494 e. The lowest BCUT2D eigenvalue weighted by molar-refractivity contribution is -0.150. The van der Waals surface area contributed by atoms with Crippen LogP contribution in [0.4, 0.5) is 8.78 Å². The second-order valence-corrected chi connectivity index (χ2v) is 28.8. The second-order valence-electron chi connectivity index (χ2n) is 27.1. The number of carbonyl (C=O) groups excluding carboxylic acids is 3. The molecule has 95 heavy (non-hydrogen) atoms. The third-order valence-corrected chi connectivity index (χ3v) is 21.9. The van der Waals surface area contributed by atoms with Crippen LogP contribution in [0, 0.1) is 58.0 Å². The third-order valence-electron chi connectivity index (χ3n) is 20.1. The number of carboxylic acid groups (broad SMARTS) is 1. The van der Waals surface area contributed by atoms with Crippen LogP contribution in [0.3, 0.4) is 0 Å². The van der Waals surface area contributed by atoms with E-state index in [4.69, 9.17) is 23.9 Å². The van der Waals surface area contributed by atoms with E-state index in [0.29, 0.717) is 108 Å². The highest BCUT2D eigenvalue weighted by molar-refractivity contribution is 7.13. The van der Waals surface area contributed by atoms with Crippen molar-refractivity contribution in [2.75, 3.05) is 48.0 Å². The summed E-state index contributed by atoms with van der Waals surface area (Å²) < 4.78 is 52.2. The molecule has 2 amide bonds. The number of aliphatic hydroxyl groups is 1. The molecular formula is C74H94F2N6O11S2. The monoisotopic (exact) mass is 1340 g/mol. The first-order valence-corrected chi connectivity index (χ1v) is 35.4. The quantitative estimate of drug-likeness (QED) is 0.0346. The van der Waals surface area contributed by atoms with E-state index in [0.717, 1.165) is 69.3 Å². The van der Waals surface area contributed by atoms with Crippen LogP contribution in [0.25, 0.3) is 43.2 Å². The topological polar surface area (TPSA) is 224 Å². The number of benzene rings is 2. The molecule has 0 unspecified atom stereocenters. The molecule has 4 aliphatic carbocycles. The van der Waals surface area contributed by atoms with Crippen molar-refractivity contribution in [3.8, 4) is 38.7 Å². The summed E-state index contributed by atoms with van der Waals surface area (Å²) >= 11 is 2.89. The number of carboxylic acids is 1. The predicted molar refractivity (Wildman–Crippen MR) is 369 cm³/mol. The Morgan fingerprint density at radius 3 is 2.23 bits per heavy atom. The molecule has 3 N–H and O–H groups in total. The van der Waals surface area contributed by atoms with Crippen molar-refractivity contribution in [2.45, 2.75) is 161 Å². The number of nitrogens with one attached hydrogen (secondary N) is 1. The van der Waals surface area contributed by atoms with Crippen molar-refractivity contribution in [1.82, 2.24) is 29.7 Å². The summed E-state index contributed by atoms with van der Waals surface area (Å²) in [5.74, 6) is -0.655. The lowest BCUT2D eigenvalue weighted by atomic mass is 9.85. The number of allylic oxidation sites excluding steroid dienone is 4. The van der Waals surface area contributed by atoms with E-state index in [9.17, 15) is 38.6 Å². The first-order valence-electron chi connectivity index (χ1n) is 33.6. The number of hydrogen-bond donors (Lipinski definition) is 3. The van der Waals surface area contributed by atoms with Crippen molar-refractivity contribution >= 4 is 68.2 Å². The number of rotatable bonds is 21. The number of hydrogen-bond acceptors (Lipinski definition) is 15. The number of esters is 1. The van der Waals surface area contributed by atoms with Gasteiger partial charge in [0.05, 0.1) is 66.5 Å². The minimum atomic E-state index is -0.744. The number of amides is 2. The summed E-state index contributed by atoms with van der Waals surface area (Å²) in [6.45, 7) is 19.4. The molecule has 0 radical (unpaired) electrons. The van der Waals surface area contributed by atoms with Gasteiger partial charge >= 0.3 is 11.9 Å². The number of H-pyrrole nitrogens is 1. The smallest absolute Gasteiger partial charge is 0.312 e. The maximum atomic E-state index is 15.6. The molecule has 2 aromatic carbocycles. The lowest BCUT2D eigenvalue weighted by Gasteiger charge is -2.26. The largest absolute Gasteiger partial charge is 0.494 e. The minimum absolute atomic E-state index is 0.00805. The number of nitrogens with zero attached hydrogens (tertiary/aromatic N) is 5. The molecule has 4 fully saturated rings. The van der Waals surface area contributed by atoms with Crippen LogP contribution >= 0.6 is 22.7 Å². The van der Waals surface area contributed by atoms with Crippen molar-refractivity contribution in [2.24, 2.45) is 46.3 Å². The van der Waals surface area contributed by atoms with Crippen LogP contribution in [0.15, 0.2) is 89.4 Å². The summed E-state index contributed by atoms with van der Waals surface area (Å²) in [5.41, 5.74) is 1.77. The Morgan fingerprint density at radius 1 is 0.884 bits per heavy atom. The summed E-state index contributed by atoms with van der Waals surface area (Å²) in [6.07, 6.45) is 19.3. The summed E-state index contributed by atoms with van der Waals surface area (Å²) in [4.78, 5) is 84.3. The average Bonchev–Trinajstić information content (AvgIpc) is 1.63. The van der Waals surface area contributed by atoms with E-state index in [-0.39, 0.29) is 93.3 Å². The Morgan fingerprint density at radius 2 is 1.58 bits per heavy atom. The first-order chi connectivity index (χ1) is 45.5. The SMILES string of the molecule is C=CCCCCN(C)C(=O)[C@@H]1C[C@@H](O)C[C@H]1CC[C@]1(C(=O)OCC)C[C@H]1C=C.COc1ccc2c(=O)cc(-c3nc(C(C)C)cs3)[nH]c2c1F.COc1ccc2c(O[C@@H]3C[C@H]4CC[C@]5(C(=O)O)C[C@H]5/C=C\CCCCN(C)C(=O)[C@@H]4C3)cc(-c3nc(C(C)C)cs3)nc2c1F. The fraction of sp³-hybridized carbons (Fsp3) is 0.541. The van der Waals surface area contributed by atoms with Gasteiger partial charge in [-0.2, -0.15) is 0 Å². The van der Waals surface area contributed by atoms with Crippen LogP contribution in [-0.4, -0.2) is 124 Å². The number of ether oxygens (including phenoxy) is 4. The fourth-order valence-electron chi connectivity index (χ4n) is 14.1. The van der Waals surface area contributed by atoms with Crippen molar-refractivity contribution in [3.63, 3.8) is 0 Å². The average molecular weight is 1350 g/mol. The van der Waals surface area contributed by atoms with E-state index < -0.39 is 34.5 Å². The number of aliphatic hydroxyl groups excluding tert-OH is 1. The standard InChI is InChI=1S/C35H42FN3O5S.C23H37NO4.C16H15FN2O2S/c1-20(2)27-19-45-32(38-27)26-17-29(24-10-11-28(43-4)30(36)31(24)37-26)44-23-15-21-12-13-35(34(41)42)18-22(35)9-7-5-6-8-14-39(3)33(40)25(21)16-23;1-5-8-9-10-13-24(4)21(26)20-15-19(25)14-17(20)11-12-23(16-18(23)6-2)22(27)28-7-3;1-8(2)11-7-22-16(19-11)10-6-12(20)9-4-5-13(21-3)14(17)15(9)18-10/h7,9-11,17,19-23,25H,5-6,8,12-16,18H2,1-4H3,(H,41,42);5-6,17-20,25H,1-2,7-16H2,3-4H3;4-8H,1-3H3,(H,18,20)/b9-7-;;/t21-,22-,23-,25-,35+;17-,18-,19+,20-,23+;/m11./s1. The Bertz CT molecular complexity index is 3830. The molecule has 1 aliphatic heterocycles. The van der Waals surface area contributed by atoms with E-state index in [1.165, 1.54) is 49.0 Å². The third kappa shape index (κ3) is 16.4. The first kappa shape index (κ1) is 71.9. The molecule has 6 aromatic rings. The molecule has 0 spiro atoms. The van der Waals surface area contributed by atoms with Gasteiger partial charge in [-0.25, -0.2) is 23.7 Å². The zero-order valence-corrected chi connectivity index (χ0v) is 58.1. The van der Waals surface area contributed by atoms with E-state index in [2.05, 4.69) is 54.1 Å². The van der Waals surface area contributed by atoms with Gasteiger partial charge in [0, 0.05) is 72.7 Å².